The van der Waals surface area contributed by atoms with E-state index in [1.54, 1.807) is 30.3 Å². The van der Waals surface area contributed by atoms with Gasteiger partial charge < -0.3 is 10.5 Å². The van der Waals surface area contributed by atoms with E-state index in [9.17, 15) is 14.4 Å². The van der Waals surface area contributed by atoms with E-state index in [4.69, 9.17) is 33.7 Å². The van der Waals surface area contributed by atoms with Gasteiger partial charge in [0.15, 0.2) is 0 Å². The molecule has 0 aliphatic carbocycles. The number of anilines is 3. The van der Waals surface area contributed by atoms with Gasteiger partial charge in [-0.3, -0.25) is 25.0 Å². The number of ether oxygens (including phenoxy) is 1. The van der Waals surface area contributed by atoms with Crippen molar-refractivity contribution >= 4 is 58.8 Å². The third-order valence-corrected chi connectivity index (χ3v) is 4.24. The zero-order valence-corrected chi connectivity index (χ0v) is 18.1. The van der Waals surface area contributed by atoms with Gasteiger partial charge in [0.1, 0.15) is 5.75 Å². The maximum absolute atomic E-state index is 12.6. The molecule has 3 aromatic rings. The molecule has 0 fully saturated rings. The van der Waals surface area contributed by atoms with E-state index in [1.807, 2.05) is 0 Å². The number of para-hydroxylation sites is 1. The van der Waals surface area contributed by atoms with Crippen molar-refractivity contribution in [2.24, 2.45) is 0 Å². The SMILES string of the molecule is CC(=O)Oc1ccccc1C(=O)Nc1nc(N)nc(NC(=O)Cc2cc(Cl)cc(Cl)c2)n1. The second kappa shape index (κ2) is 10.0. The molecule has 164 valence electrons. The highest BCUT2D eigenvalue weighted by Crippen LogP contribution is 2.21. The highest BCUT2D eigenvalue weighted by molar-refractivity contribution is 6.34. The van der Waals surface area contributed by atoms with Gasteiger partial charge in [-0.2, -0.15) is 15.0 Å². The topological polar surface area (TPSA) is 149 Å². The van der Waals surface area contributed by atoms with E-state index in [1.165, 1.54) is 19.1 Å². The number of nitrogens with two attached hydrogens (primary N) is 1. The first-order chi connectivity index (χ1) is 15.2. The lowest BCUT2D eigenvalue weighted by Crippen LogP contribution is -2.20. The van der Waals surface area contributed by atoms with Crippen LogP contribution in [0, 0.1) is 0 Å². The third-order valence-electron chi connectivity index (χ3n) is 3.80. The van der Waals surface area contributed by atoms with Crippen LogP contribution in [0.5, 0.6) is 5.75 Å². The molecular weight excluding hydrogens is 459 g/mol. The summed E-state index contributed by atoms with van der Waals surface area (Å²) in [5.74, 6) is -2.25. The number of nitrogens with zero attached hydrogens (tertiary/aromatic N) is 3. The van der Waals surface area contributed by atoms with Crippen LogP contribution < -0.4 is 21.1 Å². The number of benzene rings is 2. The fraction of sp³-hybridized carbons (Fsp3) is 0.100. The summed E-state index contributed by atoms with van der Waals surface area (Å²) in [5, 5.41) is 5.69. The zero-order chi connectivity index (χ0) is 23.3. The van der Waals surface area contributed by atoms with Gasteiger partial charge in [-0.1, -0.05) is 35.3 Å². The smallest absolute Gasteiger partial charge is 0.308 e. The minimum absolute atomic E-state index is 0.0523. The van der Waals surface area contributed by atoms with Crippen molar-refractivity contribution in [1.82, 2.24) is 15.0 Å². The van der Waals surface area contributed by atoms with Gasteiger partial charge in [-0.15, -0.1) is 0 Å². The van der Waals surface area contributed by atoms with Crippen molar-refractivity contribution in [3.05, 3.63) is 63.6 Å². The number of halogens is 2. The van der Waals surface area contributed by atoms with Gasteiger partial charge in [-0.25, -0.2) is 0 Å². The molecule has 0 bridgehead atoms. The molecule has 0 saturated heterocycles. The molecule has 12 heteroatoms. The predicted octanol–water partition coefficient (Wildman–Crippen LogP) is 3.12. The Balaban J connectivity index is 1.74. The van der Waals surface area contributed by atoms with Crippen LogP contribution in [0.25, 0.3) is 0 Å². The van der Waals surface area contributed by atoms with E-state index in [-0.39, 0.29) is 35.6 Å². The number of hydrogen-bond donors (Lipinski definition) is 3. The van der Waals surface area contributed by atoms with Gasteiger partial charge in [0.2, 0.25) is 23.8 Å². The van der Waals surface area contributed by atoms with Crippen molar-refractivity contribution in [2.75, 3.05) is 16.4 Å². The van der Waals surface area contributed by atoms with Gasteiger partial charge in [0, 0.05) is 17.0 Å². The van der Waals surface area contributed by atoms with E-state index < -0.39 is 17.8 Å². The molecule has 4 N–H and O–H groups in total. The fourth-order valence-corrected chi connectivity index (χ4v) is 3.21. The maximum Gasteiger partial charge on any atom is 0.308 e. The number of nitrogen functional groups attached to an aromatic ring is 1. The molecule has 0 saturated carbocycles. The van der Waals surface area contributed by atoms with Crippen molar-refractivity contribution in [1.29, 1.82) is 0 Å². The average molecular weight is 475 g/mol. The third kappa shape index (κ3) is 6.37. The summed E-state index contributed by atoms with van der Waals surface area (Å²) in [6.45, 7) is 1.22. The van der Waals surface area contributed by atoms with E-state index in [0.717, 1.165) is 0 Å². The summed E-state index contributed by atoms with van der Waals surface area (Å²) in [6.07, 6.45) is -0.0523. The summed E-state index contributed by atoms with van der Waals surface area (Å²) >= 11 is 11.9. The standard InChI is InChI=1S/C20H16Cl2N6O4/c1-10(29)32-15-5-3-2-4-14(15)17(31)25-20-27-18(23)26-19(28-20)24-16(30)8-11-6-12(21)9-13(22)7-11/h2-7,9H,8H2,1H3,(H4,23,24,25,26,27,28,30,31). The molecule has 3 rings (SSSR count). The van der Waals surface area contributed by atoms with Crippen LogP contribution >= 0.6 is 23.2 Å². The number of carbonyl (C=O) groups is 3. The van der Waals surface area contributed by atoms with E-state index in [2.05, 4.69) is 25.6 Å². The van der Waals surface area contributed by atoms with Crippen LogP contribution in [0.4, 0.5) is 17.8 Å². The van der Waals surface area contributed by atoms with Crippen LogP contribution in [-0.4, -0.2) is 32.7 Å². The molecule has 1 heterocycles. The molecule has 10 nitrogen and oxygen atoms in total. The van der Waals surface area contributed by atoms with E-state index >= 15 is 0 Å². The molecule has 0 spiro atoms. The monoisotopic (exact) mass is 474 g/mol. The quantitative estimate of drug-likeness (QED) is 0.364. The molecule has 1 aromatic heterocycles. The Labute approximate surface area is 192 Å². The maximum atomic E-state index is 12.6. The Bertz CT molecular complexity index is 1180. The molecule has 2 aromatic carbocycles. The molecule has 32 heavy (non-hydrogen) atoms. The molecule has 2 amide bonds. The van der Waals surface area contributed by atoms with Gasteiger partial charge in [0.05, 0.1) is 12.0 Å². The number of rotatable bonds is 6. The number of carbonyl (C=O) groups excluding carboxylic acids is 3. The summed E-state index contributed by atoms with van der Waals surface area (Å²) in [7, 11) is 0. The summed E-state index contributed by atoms with van der Waals surface area (Å²) in [5.41, 5.74) is 6.32. The predicted molar refractivity (Wildman–Crippen MR) is 119 cm³/mol. The van der Waals surface area contributed by atoms with Crippen molar-refractivity contribution in [2.45, 2.75) is 13.3 Å². The second-order valence-electron chi connectivity index (χ2n) is 6.39. The summed E-state index contributed by atoms with van der Waals surface area (Å²) in [4.78, 5) is 47.9. The lowest BCUT2D eigenvalue weighted by molar-refractivity contribution is -0.131. The molecule has 0 unspecified atom stereocenters. The van der Waals surface area contributed by atoms with Crippen LogP contribution in [0.3, 0.4) is 0 Å². The summed E-state index contributed by atoms with van der Waals surface area (Å²) < 4.78 is 5.02. The van der Waals surface area contributed by atoms with Crippen LogP contribution in [-0.2, 0) is 16.0 Å². The van der Waals surface area contributed by atoms with Crippen LogP contribution in [0.2, 0.25) is 10.0 Å². The van der Waals surface area contributed by atoms with Crippen LogP contribution in [0.1, 0.15) is 22.8 Å². The lowest BCUT2D eigenvalue weighted by atomic mass is 10.1. The first-order valence-electron chi connectivity index (χ1n) is 9.05. The summed E-state index contributed by atoms with van der Waals surface area (Å²) in [6, 6.07) is 10.9. The molecule has 0 aliphatic rings. The average Bonchev–Trinajstić information content (AvgIpc) is 2.66. The number of aromatic nitrogens is 3. The number of hydrogen-bond acceptors (Lipinski definition) is 8. The number of esters is 1. The molecule has 0 aliphatic heterocycles. The first kappa shape index (κ1) is 22.9. The minimum Gasteiger partial charge on any atom is -0.426 e. The van der Waals surface area contributed by atoms with Gasteiger partial charge in [0.25, 0.3) is 5.91 Å². The fourth-order valence-electron chi connectivity index (χ4n) is 2.64. The number of nitrogens with one attached hydrogen (secondary N) is 2. The Hall–Kier alpha value is -3.76. The van der Waals surface area contributed by atoms with E-state index in [0.29, 0.717) is 15.6 Å². The van der Waals surface area contributed by atoms with Crippen LogP contribution in [0.15, 0.2) is 42.5 Å². The minimum atomic E-state index is -0.654. The highest BCUT2D eigenvalue weighted by Gasteiger charge is 2.16. The Morgan fingerprint density at radius 1 is 0.969 bits per heavy atom. The normalized spacial score (nSPS) is 10.3. The van der Waals surface area contributed by atoms with Crippen molar-refractivity contribution < 1.29 is 19.1 Å². The Kier molecular flexibility index (Phi) is 7.18. The Morgan fingerprint density at radius 3 is 2.25 bits per heavy atom. The zero-order valence-electron chi connectivity index (χ0n) is 16.6. The molecule has 0 atom stereocenters. The largest absolute Gasteiger partial charge is 0.426 e. The Morgan fingerprint density at radius 2 is 1.59 bits per heavy atom. The second-order valence-corrected chi connectivity index (χ2v) is 7.26. The van der Waals surface area contributed by atoms with Gasteiger partial charge >= 0.3 is 5.97 Å². The molecular formula is C20H16Cl2N6O4. The first-order valence-corrected chi connectivity index (χ1v) is 9.80. The lowest BCUT2D eigenvalue weighted by Gasteiger charge is -2.10. The molecule has 0 radical (unpaired) electrons. The highest BCUT2D eigenvalue weighted by atomic mass is 35.5. The van der Waals surface area contributed by atoms with Crippen molar-refractivity contribution in [3.8, 4) is 5.75 Å². The number of amides is 2. The van der Waals surface area contributed by atoms with Crippen molar-refractivity contribution in [3.63, 3.8) is 0 Å². The van der Waals surface area contributed by atoms with Gasteiger partial charge in [-0.05, 0) is 35.9 Å².